The largest absolute Gasteiger partial charge is 0.279 e. The summed E-state index contributed by atoms with van der Waals surface area (Å²) in [6, 6.07) is 13.2. The molecule has 2 rings (SSSR count). The van der Waals surface area contributed by atoms with E-state index in [-0.39, 0.29) is 0 Å². The predicted octanol–water partition coefficient (Wildman–Crippen LogP) is 5.13. The van der Waals surface area contributed by atoms with E-state index in [9.17, 15) is 8.42 Å². The summed E-state index contributed by atoms with van der Waals surface area (Å²) < 4.78 is 28.4. The summed E-state index contributed by atoms with van der Waals surface area (Å²) in [7, 11) is -3.58. The zero-order valence-corrected chi connectivity index (χ0v) is 15.8. The lowest BCUT2D eigenvalue weighted by molar-refractivity contribution is 0.601. The van der Waals surface area contributed by atoms with Crippen molar-refractivity contribution in [2.45, 2.75) is 57.8 Å². The van der Waals surface area contributed by atoms with E-state index >= 15 is 0 Å². The molecule has 0 radical (unpaired) electrons. The maximum Gasteiger partial charge on any atom is 0.261 e. The third-order valence-electron chi connectivity index (χ3n) is 4.61. The van der Waals surface area contributed by atoms with Crippen LogP contribution in [0, 0.1) is 0 Å². The fourth-order valence-electron chi connectivity index (χ4n) is 2.78. The van der Waals surface area contributed by atoms with Gasteiger partial charge in [0.25, 0.3) is 10.0 Å². The zero-order chi connectivity index (χ0) is 17.7. The van der Waals surface area contributed by atoms with Crippen LogP contribution >= 0.6 is 0 Å². The van der Waals surface area contributed by atoms with Gasteiger partial charge in [-0.05, 0) is 54.0 Å². The molecule has 1 unspecified atom stereocenters. The lowest BCUT2D eigenvalue weighted by Gasteiger charge is -2.16. The van der Waals surface area contributed by atoms with Crippen molar-refractivity contribution in [2.24, 2.45) is 0 Å². The molecule has 0 bridgehead atoms. The Labute approximate surface area is 146 Å². The van der Waals surface area contributed by atoms with E-state index in [1.807, 2.05) is 44.2 Å². The van der Waals surface area contributed by atoms with Crippen LogP contribution in [-0.4, -0.2) is 8.42 Å². The molecule has 1 N–H and O–H groups in total. The third-order valence-corrected chi connectivity index (χ3v) is 5.97. The minimum Gasteiger partial charge on any atom is -0.279 e. The van der Waals surface area contributed by atoms with E-state index in [1.165, 1.54) is 5.56 Å². The first-order valence-corrected chi connectivity index (χ1v) is 10.1. The van der Waals surface area contributed by atoms with Crippen LogP contribution in [0.4, 0.5) is 5.69 Å². The van der Waals surface area contributed by atoms with Crippen molar-refractivity contribution >= 4 is 15.7 Å². The molecule has 24 heavy (non-hydrogen) atoms. The van der Waals surface area contributed by atoms with Gasteiger partial charge in [0.15, 0.2) is 0 Å². The van der Waals surface area contributed by atoms with Gasteiger partial charge in [0.2, 0.25) is 0 Å². The van der Waals surface area contributed by atoms with Crippen LogP contribution in [0.2, 0.25) is 0 Å². The lowest BCUT2D eigenvalue weighted by Crippen LogP contribution is -2.15. The molecule has 0 aliphatic heterocycles. The Morgan fingerprint density at radius 3 is 1.92 bits per heavy atom. The molecule has 4 heteroatoms. The van der Waals surface area contributed by atoms with Gasteiger partial charge >= 0.3 is 0 Å². The number of rotatable bonds is 7. The van der Waals surface area contributed by atoms with Gasteiger partial charge in [-0.3, -0.25) is 4.72 Å². The number of hydrogen-bond donors (Lipinski definition) is 1. The third kappa shape index (κ3) is 3.99. The first-order chi connectivity index (χ1) is 11.4. The molecule has 0 saturated heterocycles. The topological polar surface area (TPSA) is 46.2 Å². The summed E-state index contributed by atoms with van der Waals surface area (Å²) in [6.07, 6.45) is 2.62. The summed E-state index contributed by atoms with van der Waals surface area (Å²) in [6.45, 7) is 8.35. The molecule has 0 aromatic heterocycles. The Morgan fingerprint density at radius 1 is 0.917 bits per heavy atom. The van der Waals surface area contributed by atoms with Crippen molar-refractivity contribution in [1.82, 2.24) is 0 Å². The van der Waals surface area contributed by atoms with Crippen molar-refractivity contribution in [3.8, 4) is 0 Å². The Balaban J connectivity index is 2.35. The van der Waals surface area contributed by atoms with Gasteiger partial charge in [-0.1, -0.05) is 58.0 Å². The SMILES string of the molecule is CCc1cccc(CC)c1NS(=O)(=O)c1ccc(C(C)CC)cc1. The smallest absolute Gasteiger partial charge is 0.261 e. The second kappa shape index (κ2) is 7.84. The molecule has 0 aliphatic carbocycles. The maximum absolute atomic E-state index is 12.8. The van der Waals surface area contributed by atoms with Crippen LogP contribution in [-0.2, 0) is 22.9 Å². The van der Waals surface area contributed by atoms with Gasteiger partial charge in [-0.2, -0.15) is 0 Å². The van der Waals surface area contributed by atoms with Crippen LogP contribution < -0.4 is 4.72 Å². The highest BCUT2D eigenvalue weighted by Crippen LogP contribution is 2.26. The highest BCUT2D eigenvalue weighted by Gasteiger charge is 2.18. The van der Waals surface area contributed by atoms with E-state index < -0.39 is 10.0 Å². The molecule has 3 nitrogen and oxygen atoms in total. The summed E-state index contributed by atoms with van der Waals surface area (Å²) in [4.78, 5) is 0.308. The number of para-hydroxylation sites is 1. The van der Waals surface area contributed by atoms with Crippen molar-refractivity contribution in [3.63, 3.8) is 0 Å². The molecule has 0 aliphatic rings. The van der Waals surface area contributed by atoms with Gasteiger partial charge in [0, 0.05) is 0 Å². The fourth-order valence-corrected chi connectivity index (χ4v) is 3.92. The van der Waals surface area contributed by atoms with Crippen LogP contribution in [0.3, 0.4) is 0 Å². The minimum atomic E-state index is -3.58. The van der Waals surface area contributed by atoms with Gasteiger partial charge in [-0.25, -0.2) is 8.42 Å². The van der Waals surface area contributed by atoms with Crippen LogP contribution in [0.1, 0.15) is 56.7 Å². The maximum atomic E-state index is 12.8. The summed E-state index contributed by atoms with van der Waals surface area (Å²) in [5.74, 6) is 0.433. The molecule has 1 atom stereocenters. The van der Waals surface area contributed by atoms with Gasteiger partial charge in [-0.15, -0.1) is 0 Å². The first-order valence-electron chi connectivity index (χ1n) is 8.66. The van der Waals surface area contributed by atoms with E-state index in [2.05, 4.69) is 18.6 Å². The Bertz CT molecular complexity index is 758. The van der Waals surface area contributed by atoms with E-state index in [4.69, 9.17) is 0 Å². The standard InChI is InChI=1S/C20H27NO2S/c1-5-15(4)18-11-13-19(14-12-18)24(22,23)21-20-16(6-2)9-8-10-17(20)7-3/h8-15,21H,5-7H2,1-4H3. The second-order valence-corrected chi connectivity index (χ2v) is 7.82. The predicted molar refractivity (Wildman–Crippen MR) is 101 cm³/mol. The number of sulfonamides is 1. The number of benzene rings is 2. The minimum absolute atomic E-state index is 0.308. The lowest BCUT2D eigenvalue weighted by atomic mass is 9.99. The van der Waals surface area contributed by atoms with Crippen molar-refractivity contribution in [2.75, 3.05) is 4.72 Å². The quantitative estimate of drug-likeness (QED) is 0.756. The number of aryl methyl sites for hydroxylation is 2. The van der Waals surface area contributed by atoms with Crippen LogP contribution in [0.5, 0.6) is 0 Å². The van der Waals surface area contributed by atoms with Gasteiger partial charge in [0.05, 0.1) is 10.6 Å². The summed E-state index contributed by atoms with van der Waals surface area (Å²) in [5, 5.41) is 0. The molecule has 130 valence electrons. The average molecular weight is 346 g/mol. The molecular weight excluding hydrogens is 318 g/mol. The molecule has 0 saturated carbocycles. The van der Waals surface area contributed by atoms with Gasteiger partial charge in [0.1, 0.15) is 0 Å². The van der Waals surface area contributed by atoms with Crippen molar-refractivity contribution < 1.29 is 8.42 Å². The second-order valence-electron chi connectivity index (χ2n) is 6.14. The van der Waals surface area contributed by atoms with Crippen molar-refractivity contribution in [1.29, 1.82) is 0 Å². The number of anilines is 1. The van der Waals surface area contributed by atoms with Crippen LogP contribution in [0.15, 0.2) is 47.4 Å². The van der Waals surface area contributed by atoms with E-state index in [0.29, 0.717) is 10.8 Å². The molecule has 0 fully saturated rings. The van der Waals surface area contributed by atoms with Gasteiger partial charge < -0.3 is 0 Å². The molecule has 0 heterocycles. The number of hydrogen-bond acceptors (Lipinski definition) is 2. The molecule has 0 amide bonds. The Kier molecular flexibility index (Phi) is 6.05. The normalized spacial score (nSPS) is 12.8. The summed E-state index contributed by atoms with van der Waals surface area (Å²) >= 11 is 0. The molecule has 2 aromatic carbocycles. The van der Waals surface area contributed by atoms with Crippen LogP contribution in [0.25, 0.3) is 0 Å². The van der Waals surface area contributed by atoms with E-state index in [1.54, 1.807) is 12.1 Å². The molecule has 0 spiro atoms. The number of nitrogens with one attached hydrogen (secondary N) is 1. The average Bonchev–Trinajstić information content (AvgIpc) is 2.61. The first kappa shape index (κ1) is 18.5. The van der Waals surface area contributed by atoms with E-state index in [0.717, 1.165) is 36.1 Å². The monoisotopic (exact) mass is 345 g/mol. The Hall–Kier alpha value is -1.81. The Morgan fingerprint density at radius 2 is 1.46 bits per heavy atom. The zero-order valence-electron chi connectivity index (χ0n) is 15.0. The fraction of sp³-hybridized carbons (Fsp3) is 0.400. The molecular formula is C20H27NO2S. The highest BCUT2D eigenvalue weighted by atomic mass is 32.2. The summed E-state index contributed by atoms with van der Waals surface area (Å²) in [5.41, 5.74) is 3.94. The van der Waals surface area contributed by atoms with Crippen molar-refractivity contribution in [3.05, 3.63) is 59.2 Å². The highest BCUT2D eigenvalue weighted by molar-refractivity contribution is 7.92. The molecule has 2 aromatic rings.